The maximum Gasteiger partial charge on any atom is 0.233 e. The molecule has 0 spiro atoms. The second kappa shape index (κ2) is 7.05. The zero-order valence-corrected chi connectivity index (χ0v) is 11.9. The molecular formula is C15H15FN2OS. The average Bonchev–Trinajstić information content (AvgIpc) is 2.47. The Morgan fingerprint density at radius 1 is 1.30 bits per heavy atom. The fourth-order valence-corrected chi connectivity index (χ4v) is 2.42. The normalized spacial score (nSPS) is 11.9. The molecule has 1 amide bonds. The summed E-state index contributed by atoms with van der Waals surface area (Å²) in [4.78, 5) is 16.1. The van der Waals surface area contributed by atoms with Crippen molar-refractivity contribution in [1.82, 2.24) is 10.3 Å². The largest absolute Gasteiger partial charge is 0.351 e. The summed E-state index contributed by atoms with van der Waals surface area (Å²) in [6.07, 6.45) is 1.70. The van der Waals surface area contributed by atoms with Crippen molar-refractivity contribution in [3.8, 4) is 0 Å². The van der Waals surface area contributed by atoms with Crippen LogP contribution in [0.3, 0.4) is 0 Å². The van der Waals surface area contributed by atoms with E-state index in [1.807, 2.05) is 25.1 Å². The fourth-order valence-electron chi connectivity index (χ4n) is 1.59. The van der Waals surface area contributed by atoms with E-state index in [0.717, 1.165) is 10.6 Å². The Labute approximate surface area is 121 Å². The van der Waals surface area contributed by atoms with Gasteiger partial charge in [0.2, 0.25) is 5.91 Å². The smallest absolute Gasteiger partial charge is 0.233 e. The molecule has 1 heterocycles. The lowest BCUT2D eigenvalue weighted by Crippen LogP contribution is -2.30. The number of aromatic nitrogens is 1. The summed E-state index contributed by atoms with van der Waals surface area (Å²) < 4.78 is 12.8. The molecule has 104 valence electrons. The number of thioether (sulfide) groups is 1. The van der Waals surface area contributed by atoms with Gasteiger partial charge in [-0.1, -0.05) is 30.0 Å². The molecule has 1 unspecified atom stereocenters. The van der Waals surface area contributed by atoms with Gasteiger partial charge in [-0.25, -0.2) is 9.37 Å². The molecule has 2 rings (SSSR count). The number of carbonyl (C=O) groups excluding carboxylic acids is 1. The van der Waals surface area contributed by atoms with E-state index < -0.39 is 0 Å². The lowest BCUT2D eigenvalue weighted by Gasteiger charge is -2.11. The van der Waals surface area contributed by atoms with Gasteiger partial charge in [-0.05, 0) is 36.8 Å². The lowest BCUT2D eigenvalue weighted by atomic mass is 10.2. The second-order valence-corrected chi connectivity index (χ2v) is 5.63. The van der Waals surface area contributed by atoms with Crippen LogP contribution in [0, 0.1) is 5.82 Å². The van der Waals surface area contributed by atoms with E-state index in [1.165, 1.54) is 23.9 Å². The Bertz CT molecular complexity index is 560. The van der Waals surface area contributed by atoms with Crippen LogP contribution in [0.2, 0.25) is 0 Å². The number of hydrogen-bond acceptors (Lipinski definition) is 3. The van der Waals surface area contributed by atoms with Gasteiger partial charge in [-0.3, -0.25) is 4.79 Å². The third-order valence-corrected chi connectivity index (χ3v) is 3.74. The predicted molar refractivity (Wildman–Crippen MR) is 77.8 cm³/mol. The van der Waals surface area contributed by atoms with Crippen molar-refractivity contribution in [2.24, 2.45) is 0 Å². The maximum absolute atomic E-state index is 12.8. The molecule has 5 heteroatoms. The summed E-state index contributed by atoms with van der Waals surface area (Å²) in [7, 11) is 0. The van der Waals surface area contributed by atoms with Gasteiger partial charge in [-0.15, -0.1) is 0 Å². The predicted octanol–water partition coefficient (Wildman–Crippen LogP) is 3.02. The number of halogens is 1. The summed E-state index contributed by atoms with van der Waals surface area (Å²) in [5, 5.41) is 3.41. The van der Waals surface area contributed by atoms with E-state index in [-0.39, 0.29) is 17.0 Å². The summed E-state index contributed by atoms with van der Waals surface area (Å²) in [6, 6.07) is 11.7. The van der Waals surface area contributed by atoms with E-state index in [1.54, 1.807) is 18.3 Å². The van der Waals surface area contributed by atoms with Gasteiger partial charge >= 0.3 is 0 Å². The molecule has 1 aromatic heterocycles. The average molecular weight is 290 g/mol. The number of nitrogens with zero attached hydrogens (tertiary/aromatic N) is 1. The monoisotopic (exact) mass is 290 g/mol. The molecule has 0 saturated heterocycles. The van der Waals surface area contributed by atoms with Gasteiger partial charge in [0.1, 0.15) is 5.82 Å². The highest BCUT2D eigenvalue weighted by molar-refractivity contribution is 8.00. The molecule has 1 aromatic carbocycles. The first-order valence-corrected chi connectivity index (χ1v) is 7.13. The minimum atomic E-state index is -0.279. The van der Waals surface area contributed by atoms with Crippen molar-refractivity contribution < 1.29 is 9.18 Å². The van der Waals surface area contributed by atoms with Crippen molar-refractivity contribution in [2.75, 3.05) is 0 Å². The van der Waals surface area contributed by atoms with Gasteiger partial charge in [0.25, 0.3) is 0 Å². The topological polar surface area (TPSA) is 42.0 Å². The van der Waals surface area contributed by atoms with Crippen molar-refractivity contribution in [1.29, 1.82) is 0 Å². The third kappa shape index (κ3) is 4.35. The standard InChI is InChI=1S/C15H15FN2OS/c1-11(20-14-4-2-3-9-17-14)15(19)18-10-12-5-7-13(16)8-6-12/h2-9,11H,10H2,1H3,(H,18,19). The number of benzene rings is 1. The molecule has 3 nitrogen and oxygen atoms in total. The summed E-state index contributed by atoms with van der Waals surface area (Å²) in [5.74, 6) is -0.343. The Hall–Kier alpha value is -1.88. The molecule has 0 saturated carbocycles. The van der Waals surface area contributed by atoms with Crippen LogP contribution in [-0.2, 0) is 11.3 Å². The third-order valence-electron chi connectivity index (χ3n) is 2.68. The molecule has 0 aliphatic rings. The van der Waals surface area contributed by atoms with Crippen molar-refractivity contribution in [2.45, 2.75) is 23.7 Å². The SMILES string of the molecule is CC(Sc1ccccn1)C(=O)NCc1ccc(F)cc1. The molecule has 1 atom stereocenters. The van der Waals surface area contributed by atoms with Crippen molar-refractivity contribution >= 4 is 17.7 Å². The van der Waals surface area contributed by atoms with E-state index in [2.05, 4.69) is 10.3 Å². The van der Waals surface area contributed by atoms with Crippen LogP contribution in [0.1, 0.15) is 12.5 Å². The Balaban J connectivity index is 1.83. The van der Waals surface area contributed by atoms with Crippen molar-refractivity contribution in [3.05, 3.63) is 60.0 Å². The highest BCUT2D eigenvalue weighted by atomic mass is 32.2. The van der Waals surface area contributed by atoms with E-state index in [4.69, 9.17) is 0 Å². The molecule has 0 aliphatic heterocycles. The first kappa shape index (κ1) is 14.5. The Morgan fingerprint density at radius 2 is 2.05 bits per heavy atom. The van der Waals surface area contributed by atoms with Crippen molar-refractivity contribution in [3.63, 3.8) is 0 Å². The first-order valence-electron chi connectivity index (χ1n) is 6.25. The van der Waals surface area contributed by atoms with Gasteiger partial charge in [0, 0.05) is 12.7 Å². The first-order chi connectivity index (χ1) is 9.65. The van der Waals surface area contributed by atoms with E-state index in [0.29, 0.717) is 6.54 Å². The van der Waals surface area contributed by atoms with Gasteiger partial charge in [-0.2, -0.15) is 0 Å². The molecule has 0 radical (unpaired) electrons. The fraction of sp³-hybridized carbons (Fsp3) is 0.200. The molecule has 20 heavy (non-hydrogen) atoms. The summed E-state index contributed by atoms with van der Waals surface area (Å²) >= 11 is 1.41. The number of nitrogens with one attached hydrogen (secondary N) is 1. The Kier molecular flexibility index (Phi) is 5.12. The number of rotatable bonds is 5. The van der Waals surface area contributed by atoms with Crippen LogP contribution in [0.25, 0.3) is 0 Å². The number of amides is 1. The van der Waals surface area contributed by atoms with Crippen LogP contribution in [0.5, 0.6) is 0 Å². The van der Waals surface area contributed by atoms with Gasteiger partial charge in [0.15, 0.2) is 0 Å². The van der Waals surface area contributed by atoms with Gasteiger partial charge < -0.3 is 5.32 Å². The summed E-state index contributed by atoms with van der Waals surface area (Å²) in [6.45, 7) is 2.23. The molecule has 2 aromatic rings. The molecule has 1 N–H and O–H groups in total. The summed E-state index contributed by atoms with van der Waals surface area (Å²) in [5.41, 5.74) is 0.870. The quantitative estimate of drug-likeness (QED) is 0.861. The maximum atomic E-state index is 12.8. The number of carbonyl (C=O) groups is 1. The van der Waals surface area contributed by atoms with Crippen LogP contribution in [0.4, 0.5) is 4.39 Å². The minimum absolute atomic E-state index is 0.0648. The highest BCUT2D eigenvalue weighted by Gasteiger charge is 2.14. The second-order valence-electron chi connectivity index (χ2n) is 4.27. The molecular weight excluding hydrogens is 275 g/mol. The zero-order chi connectivity index (χ0) is 14.4. The molecule has 0 fully saturated rings. The van der Waals surface area contributed by atoms with Crippen LogP contribution in [-0.4, -0.2) is 16.1 Å². The highest BCUT2D eigenvalue weighted by Crippen LogP contribution is 2.20. The zero-order valence-electron chi connectivity index (χ0n) is 11.0. The van der Waals surface area contributed by atoms with E-state index >= 15 is 0 Å². The molecule has 0 bridgehead atoms. The number of hydrogen-bond donors (Lipinski definition) is 1. The van der Waals surface area contributed by atoms with Crippen LogP contribution < -0.4 is 5.32 Å². The van der Waals surface area contributed by atoms with Crippen LogP contribution >= 0.6 is 11.8 Å². The lowest BCUT2D eigenvalue weighted by molar-refractivity contribution is -0.120. The van der Waals surface area contributed by atoms with E-state index in [9.17, 15) is 9.18 Å². The Morgan fingerprint density at radius 3 is 2.70 bits per heavy atom. The minimum Gasteiger partial charge on any atom is -0.351 e. The number of pyridine rings is 1. The van der Waals surface area contributed by atoms with Crippen LogP contribution in [0.15, 0.2) is 53.7 Å². The molecule has 0 aliphatic carbocycles. The van der Waals surface area contributed by atoms with Gasteiger partial charge in [0.05, 0.1) is 10.3 Å².